The van der Waals surface area contributed by atoms with Crippen LogP contribution in [-0.2, 0) is 33.1 Å². The van der Waals surface area contributed by atoms with Gasteiger partial charge in [-0.3, -0.25) is 19.7 Å². The zero-order chi connectivity index (χ0) is 49.4. The lowest BCUT2D eigenvalue weighted by atomic mass is 10.1. The number of hydrogen-bond donors (Lipinski definition) is 4. The highest BCUT2D eigenvalue weighted by Crippen LogP contribution is 2.33. The van der Waals surface area contributed by atoms with E-state index >= 15 is 0 Å². The van der Waals surface area contributed by atoms with Crippen molar-refractivity contribution >= 4 is 76.9 Å². The van der Waals surface area contributed by atoms with E-state index in [1.54, 1.807) is 78.9 Å². The minimum absolute atomic E-state index is 0.00263. The molecule has 2 saturated heterocycles. The minimum atomic E-state index is -3.67. The number of methoxy groups -OCH3 is 1. The molecule has 23 heteroatoms. The van der Waals surface area contributed by atoms with Crippen molar-refractivity contribution in [2.45, 2.75) is 59.3 Å². The summed E-state index contributed by atoms with van der Waals surface area (Å²) >= 11 is 2.27. The van der Waals surface area contributed by atoms with Gasteiger partial charge in [0.15, 0.2) is 0 Å². The van der Waals surface area contributed by atoms with Crippen LogP contribution in [0.4, 0.5) is 11.4 Å². The summed E-state index contributed by atoms with van der Waals surface area (Å²) in [6.07, 6.45) is 2.36. The van der Waals surface area contributed by atoms with E-state index in [0.29, 0.717) is 73.7 Å². The lowest BCUT2D eigenvalue weighted by Gasteiger charge is -2.31. The number of phenols is 1. The molecule has 19 nitrogen and oxygen atoms in total. The number of carbonyl (C=O) groups is 2. The van der Waals surface area contributed by atoms with Crippen LogP contribution in [0, 0.1) is 10.1 Å². The van der Waals surface area contributed by atoms with Crippen molar-refractivity contribution in [3.63, 3.8) is 0 Å². The van der Waals surface area contributed by atoms with E-state index < -0.39 is 30.9 Å². The Bertz CT molecular complexity index is 3220. The number of amides is 2. The SMILES string of the molecule is COc1cccc(C(=O)NCc2ccc(S(=O)(=O)N3CCC(Nc4ccccc4[N+](=O)[O-])CC3)s2)c1.O=C(NCc1ccc(S(=O)(=O)N2CCC(n3nnc4ccccc43)CC2)s1)c1ccccc1O. The first kappa shape index (κ1) is 49.7. The van der Waals surface area contributed by atoms with E-state index in [1.807, 2.05) is 28.9 Å². The Balaban J connectivity index is 0.000000188. The summed E-state index contributed by atoms with van der Waals surface area (Å²) in [5.41, 5.74) is 2.85. The third-order valence-corrected chi connectivity index (χ3v) is 18.8. The molecule has 366 valence electrons. The average Bonchev–Trinajstić information content (AvgIpc) is 4.17. The van der Waals surface area contributed by atoms with Crippen LogP contribution < -0.4 is 20.7 Å². The number of fused-ring (bicyclic) bond motifs is 1. The number of anilines is 1. The average molecular weight is 1030 g/mol. The summed E-state index contributed by atoms with van der Waals surface area (Å²) in [6, 6.07) is 33.8. The number of nitro benzene ring substituents is 1. The lowest BCUT2D eigenvalue weighted by molar-refractivity contribution is -0.384. The zero-order valence-electron chi connectivity index (χ0n) is 37.7. The van der Waals surface area contributed by atoms with Gasteiger partial charge in [-0.2, -0.15) is 8.61 Å². The number of aromatic nitrogens is 3. The van der Waals surface area contributed by atoms with Gasteiger partial charge in [0.25, 0.3) is 37.5 Å². The number of hydrogen-bond acceptors (Lipinski definition) is 15. The standard InChI is InChI=1S/C24H26N4O6S2.C23H23N5O4S2/c1-34-19-6-4-5-17(15-19)24(29)25-16-20-9-10-23(35-20)36(32,33)27-13-11-18(12-14-27)26-21-7-2-3-8-22(21)28(30)31;29-21-8-4-1-5-18(21)23(30)24-15-17-9-10-22(33-17)34(31,32)27-13-11-16(12-14-27)28-20-7-3-2-6-19(20)25-26-28/h2-10,15,18,26H,11-14,16H2,1H3,(H,25,29);1-10,16,29H,11-15H2,(H,24,30). The number of para-hydroxylation sites is 4. The quantitative estimate of drug-likeness (QED) is 0.0597. The molecule has 9 rings (SSSR count). The normalized spacial score (nSPS) is 15.2. The molecule has 0 atom stereocenters. The van der Waals surface area contributed by atoms with Crippen molar-refractivity contribution < 1.29 is 41.2 Å². The van der Waals surface area contributed by atoms with Crippen LogP contribution in [0.3, 0.4) is 0 Å². The maximum Gasteiger partial charge on any atom is 0.292 e. The topological polar surface area (TPSA) is 248 Å². The third-order valence-electron chi connectivity index (χ3n) is 11.9. The van der Waals surface area contributed by atoms with Crippen LogP contribution in [0.15, 0.2) is 130 Å². The molecule has 0 spiro atoms. The highest BCUT2D eigenvalue weighted by molar-refractivity contribution is 7.91. The summed E-state index contributed by atoms with van der Waals surface area (Å²) in [5.74, 6) is -0.219. The van der Waals surface area contributed by atoms with E-state index in [-0.39, 0.29) is 56.5 Å². The number of ether oxygens (including phenoxy) is 1. The number of sulfonamides is 2. The third kappa shape index (κ3) is 11.5. The number of phenolic OH excluding ortho intramolecular Hbond substituents is 1. The summed E-state index contributed by atoms with van der Waals surface area (Å²) in [4.78, 5) is 37.0. The number of thiophene rings is 2. The smallest absolute Gasteiger partial charge is 0.292 e. The number of nitro groups is 1. The second-order valence-corrected chi connectivity index (χ2v) is 23.0. The van der Waals surface area contributed by atoms with Crippen LogP contribution in [0.1, 0.15) is 62.2 Å². The number of benzene rings is 4. The van der Waals surface area contributed by atoms with Crippen molar-refractivity contribution in [1.82, 2.24) is 34.2 Å². The summed E-state index contributed by atoms with van der Waals surface area (Å²) < 4.78 is 63.2. The molecule has 0 aliphatic carbocycles. The minimum Gasteiger partial charge on any atom is -0.507 e. The molecule has 0 radical (unpaired) electrons. The molecule has 2 amide bonds. The van der Waals surface area contributed by atoms with E-state index in [4.69, 9.17) is 4.74 Å². The monoisotopic (exact) mass is 1030 g/mol. The fraction of sp³-hybridized carbons (Fsp3) is 0.277. The summed E-state index contributed by atoms with van der Waals surface area (Å²) in [5, 5.41) is 38.2. The molecule has 3 aromatic heterocycles. The number of aromatic hydroxyl groups is 1. The molecule has 4 N–H and O–H groups in total. The molecule has 2 aliphatic rings. The lowest BCUT2D eigenvalue weighted by Crippen LogP contribution is -2.42. The van der Waals surface area contributed by atoms with Crippen molar-refractivity contribution in [3.8, 4) is 11.5 Å². The number of rotatable bonds is 15. The molecule has 0 bridgehead atoms. The first-order valence-electron chi connectivity index (χ1n) is 22.2. The predicted octanol–water partition coefficient (Wildman–Crippen LogP) is 7.01. The Hall–Kier alpha value is -6.76. The Labute approximate surface area is 412 Å². The van der Waals surface area contributed by atoms with Gasteiger partial charge in [-0.15, -0.1) is 27.8 Å². The maximum absolute atomic E-state index is 13.2. The van der Waals surface area contributed by atoms with Gasteiger partial charge < -0.3 is 25.8 Å². The Morgan fingerprint density at radius 3 is 1.97 bits per heavy atom. The van der Waals surface area contributed by atoms with Crippen molar-refractivity contribution in [1.29, 1.82) is 0 Å². The molecule has 0 saturated carbocycles. The Morgan fingerprint density at radius 1 is 0.743 bits per heavy atom. The summed E-state index contributed by atoms with van der Waals surface area (Å²) in [7, 11) is -5.76. The fourth-order valence-corrected chi connectivity index (χ4v) is 13.9. The second-order valence-electron chi connectivity index (χ2n) is 16.3. The first-order chi connectivity index (χ1) is 33.7. The molecule has 0 unspecified atom stereocenters. The molecule has 2 aliphatic heterocycles. The number of piperidine rings is 2. The predicted molar refractivity (Wildman–Crippen MR) is 265 cm³/mol. The fourth-order valence-electron chi connectivity index (χ4n) is 8.10. The zero-order valence-corrected chi connectivity index (χ0v) is 41.0. The van der Waals surface area contributed by atoms with Gasteiger partial charge in [0.2, 0.25) is 0 Å². The second kappa shape index (κ2) is 21.9. The van der Waals surface area contributed by atoms with Gasteiger partial charge in [0, 0.05) is 53.6 Å². The molecule has 2 fully saturated rings. The van der Waals surface area contributed by atoms with Crippen LogP contribution in [0.25, 0.3) is 11.0 Å². The highest BCUT2D eigenvalue weighted by atomic mass is 32.3. The Kier molecular flexibility index (Phi) is 15.5. The molecule has 4 aromatic carbocycles. The van der Waals surface area contributed by atoms with E-state index in [0.717, 1.165) is 38.6 Å². The maximum atomic E-state index is 13.2. The first-order valence-corrected chi connectivity index (χ1v) is 26.7. The van der Waals surface area contributed by atoms with Crippen LogP contribution >= 0.6 is 22.7 Å². The molecule has 7 aromatic rings. The van der Waals surface area contributed by atoms with Crippen LogP contribution in [0.2, 0.25) is 0 Å². The van der Waals surface area contributed by atoms with Gasteiger partial charge in [-0.1, -0.05) is 47.7 Å². The molecular weight excluding hydrogens is 979 g/mol. The van der Waals surface area contributed by atoms with Crippen molar-refractivity contribution in [2.75, 3.05) is 38.6 Å². The molecule has 70 heavy (non-hydrogen) atoms. The van der Waals surface area contributed by atoms with Gasteiger partial charge in [0.1, 0.15) is 31.1 Å². The summed E-state index contributed by atoms with van der Waals surface area (Å²) in [6.45, 7) is 1.80. The number of nitrogens with zero attached hydrogens (tertiary/aromatic N) is 6. The van der Waals surface area contributed by atoms with Gasteiger partial charge in [-0.25, -0.2) is 21.5 Å². The molecular formula is C47H49N9O10S4. The van der Waals surface area contributed by atoms with E-state index in [1.165, 1.54) is 33.9 Å². The number of nitrogens with one attached hydrogen (secondary N) is 3. The Morgan fingerprint density at radius 2 is 1.33 bits per heavy atom. The van der Waals surface area contributed by atoms with Gasteiger partial charge in [-0.05, 0) is 98.5 Å². The van der Waals surface area contributed by atoms with Gasteiger partial charge in [0.05, 0.1) is 42.2 Å². The van der Waals surface area contributed by atoms with Crippen LogP contribution in [-0.4, -0.2) is 102 Å². The largest absolute Gasteiger partial charge is 0.507 e. The van der Waals surface area contributed by atoms with Crippen molar-refractivity contribution in [3.05, 3.63) is 152 Å². The van der Waals surface area contributed by atoms with Crippen LogP contribution in [0.5, 0.6) is 11.5 Å². The highest BCUT2D eigenvalue weighted by Gasteiger charge is 2.33. The molecule has 5 heterocycles. The van der Waals surface area contributed by atoms with Crippen molar-refractivity contribution in [2.24, 2.45) is 0 Å². The van der Waals surface area contributed by atoms with E-state index in [2.05, 4.69) is 26.3 Å². The number of carbonyl (C=O) groups excluding carboxylic acids is 2. The van der Waals surface area contributed by atoms with E-state index in [9.17, 15) is 41.6 Å². The van der Waals surface area contributed by atoms with Gasteiger partial charge >= 0.3 is 0 Å².